The zero-order valence-corrected chi connectivity index (χ0v) is 18.0. The van der Waals surface area contributed by atoms with Crippen LogP contribution < -0.4 is 0 Å². The standard InChI is InChI=1S/C25H25N5O2/c1-2-19-5-7-20(8-6-19)17-30(18-21-4-3-13-27-16-21)24(31)10-9-23-28-25(29-32-23)22-11-14-26-15-12-22/h3-8,11-16H,2,9-10,17-18H2,1H3. The molecule has 7 heteroatoms. The maximum atomic E-state index is 13.1. The summed E-state index contributed by atoms with van der Waals surface area (Å²) in [6.45, 7) is 3.16. The van der Waals surface area contributed by atoms with Crippen molar-refractivity contribution >= 4 is 5.91 Å². The molecule has 0 bridgehead atoms. The first-order valence-corrected chi connectivity index (χ1v) is 10.7. The highest BCUT2D eigenvalue weighted by Gasteiger charge is 2.17. The number of hydrogen-bond donors (Lipinski definition) is 0. The van der Waals surface area contributed by atoms with Crippen LogP contribution in [0.2, 0.25) is 0 Å². The summed E-state index contributed by atoms with van der Waals surface area (Å²) in [5.41, 5.74) is 4.19. The lowest BCUT2D eigenvalue weighted by molar-refractivity contribution is -0.132. The second kappa shape index (κ2) is 10.4. The van der Waals surface area contributed by atoms with Crippen LogP contribution >= 0.6 is 0 Å². The molecule has 0 aliphatic heterocycles. The van der Waals surface area contributed by atoms with E-state index in [2.05, 4.69) is 51.3 Å². The Kier molecular flexibility index (Phi) is 6.97. The molecule has 3 heterocycles. The van der Waals surface area contributed by atoms with Gasteiger partial charge in [-0.25, -0.2) is 0 Å². The number of benzene rings is 1. The number of hydrogen-bond acceptors (Lipinski definition) is 6. The van der Waals surface area contributed by atoms with Gasteiger partial charge in [-0.2, -0.15) is 4.98 Å². The van der Waals surface area contributed by atoms with Crippen molar-refractivity contribution in [3.05, 3.63) is 95.9 Å². The highest BCUT2D eigenvalue weighted by Crippen LogP contribution is 2.16. The predicted molar refractivity (Wildman–Crippen MR) is 120 cm³/mol. The van der Waals surface area contributed by atoms with Crippen LogP contribution in [0.3, 0.4) is 0 Å². The van der Waals surface area contributed by atoms with Gasteiger partial charge in [-0.15, -0.1) is 0 Å². The average molecular weight is 428 g/mol. The van der Waals surface area contributed by atoms with Crippen LogP contribution in [0.1, 0.15) is 35.9 Å². The molecular weight excluding hydrogens is 402 g/mol. The third-order valence-electron chi connectivity index (χ3n) is 5.21. The van der Waals surface area contributed by atoms with Crippen LogP contribution in [0, 0.1) is 0 Å². The van der Waals surface area contributed by atoms with E-state index in [1.807, 2.05) is 29.2 Å². The number of aryl methyl sites for hydroxylation is 2. The molecule has 0 aliphatic rings. The number of pyridine rings is 2. The van der Waals surface area contributed by atoms with E-state index in [0.717, 1.165) is 23.1 Å². The van der Waals surface area contributed by atoms with Gasteiger partial charge in [0, 0.05) is 56.3 Å². The maximum Gasteiger partial charge on any atom is 0.227 e. The lowest BCUT2D eigenvalue weighted by atomic mass is 10.1. The number of aromatic nitrogens is 4. The summed E-state index contributed by atoms with van der Waals surface area (Å²) in [7, 11) is 0. The second-order valence-corrected chi connectivity index (χ2v) is 7.53. The Labute approximate surface area is 187 Å². The Hall–Kier alpha value is -3.87. The van der Waals surface area contributed by atoms with Gasteiger partial charge in [0.1, 0.15) is 0 Å². The molecular formula is C25H25N5O2. The summed E-state index contributed by atoms with van der Waals surface area (Å²) < 4.78 is 5.35. The van der Waals surface area contributed by atoms with Crippen LogP contribution in [-0.4, -0.2) is 30.9 Å². The van der Waals surface area contributed by atoms with Gasteiger partial charge in [-0.3, -0.25) is 14.8 Å². The van der Waals surface area contributed by atoms with Gasteiger partial charge in [-0.05, 0) is 41.3 Å². The first-order valence-electron chi connectivity index (χ1n) is 10.7. The molecule has 0 N–H and O–H groups in total. The van der Waals surface area contributed by atoms with Gasteiger partial charge in [0.15, 0.2) is 0 Å². The summed E-state index contributed by atoms with van der Waals surface area (Å²) >= 11 is 0. The molecule has 0 unspecified atom stereocenters. The zero-order chi connectivity index (χ0) is 22.2. The molecule has 7 nitrogen and oxygen atoms in total. The molecule has 0 saturated heterocycles. The van der Waals surface area contributed by atoms with Crippen molar-refractivity contribution in [3.8, 4) is 11.4 Å². The van der Waals surface area contributed by atoms with E-state index in [1.165, 1.54) is 5.56 Å². The van der Waals surface area contributed by atoms with Crippen LogP contribution in [-0.2, 0) is 30.7 Å². The van der Waals surface area contributed by atoms with Crippen molar-refractivity contribution < 1.29 is 9.32 Å². The monoisotopic (exact) mass is 427 g/mol. The van der Waals surface area contributed by atoms with E-state index < -0.39 is 0 Å². The van der Waals surface area contributed by atoms with E-state index in [1.54, 1.807) is 24.8 Å². The van der Waals surface area contributed by atoms with Gasteiger partial charge in [-0.1, -0.05) is 42.4 Å². The smallest absolute Gasteiger partial charge is 0.227 e. The highest BCUT2D eigenvalue weighted by molar-refractivity contribution is 5.76. The second-order valence-electron chi connectivity index (χ2n) is 7.53. The number of amides is 1. The third-order valence-corrected chi connectivity index (χ3v) is 5.21. The van der Waals surface area contributed by atoms with Crippen molar-refractivity contribution in [1.29, 1.82) is 0 Å². The van der Waals surface area contributed by atoms with E-state index >= 15 is 0 Å². The quantitative estimate of drug-likeness (QED) is 0.397. The van der Waals surface area contributed by atoms with Gasteiger partial charge in [0.2, 0.25) is 17.6 Å². The van der Waals surface area contributed by atoms with Gasteiger partial charge < -0.3 is 9.42 Å². The molecule has 4 rings (SSSR count). The Morgan fingerprint density at radius 2 is 1.66 bits per heavy atom. The average Bonchev–Trinajstić information content (AvgIpc) is 3.33. The number of carbonyl (C=O) groups excluding carboxylic acids is 1. The molecule has 3 aromatic heterocycles. The number of carbonyl (C=O) groups is 1. The van der Waals surface area contributed by atoms with Crippen LogP contribution in [0.5, 0.6) is 0 Å². The van der Waals surface area contributed by atoms with Crippen LogP contribution in [0.4, 0.5) is 0 Å². The Morgan fingerprint density at radius 3 is 2.38 bits per heavy atom. The van der Waals surface area contributed by atoms with E-state index in [9.17, 15) is 4.79 Å². The Bertz CT molecular complexity index is 1130. The molecule has 1 amide bonds. The van der Waals surface area contributed by atoms with Gasteiger partial charge in [0.25, 0.3) is 0 Å². The molecule has 0 spiro atoms. The molecule has 0 aliphatic carbocycles. The minimum absolute atomic E-state index is 0.0251. The zero-order valence-electron chi connectivity index (χ0n) is 18.0. The lowest BCUT2D eigenvalue weighted by Gasteiger charge is -2.23. The fourth-order valence-corrected chi connectivity index (χ4v) is 3.39. The van der Waals surface area contributed by atoms with E-state index in [-0.39, 0.29) is 12.3 Å². The SMILES string of the molecule is CCc1ccc(CN(Cc2cccnc2)C(=O)CCc2nc(-c3ccncc3)no2)cc1. The fourth-order valence-electron chi connectivity index (χ4n) is 3.39. The van der Waals surface area contributed by atoms with Gasteiger partial charge in [0.05, 0.1) is 0 Å². The van der Waals surface area contributed by atoms with Crippen LogP contribution in [0.25, 0.3) is 11.4 Å². The van der Waals surface area contributed by atoms with Crippen LogP contribution in [0.15, 0.2) is 77.8 Å². The molecule has 162 valence electrons. The minimum Gasteiger partial charge on any atom is -0.339 e. The van der Waals surface area contributed by atoms with E-state index in [0.29, 0.717) is 31.2 Å². The largest absolute Gasteiger partial charge is 0.339 e. The van der Waals surface area contributed by atoms with E-state index in [4.69, 9.17) is 4.52 Å². The first kappa shape index (κ1) is 21.4. The highest BCUT2D eigenvalue weighted by atomic mass is 16.5. The van der Waals surface area contributed by atoms with Crippen molar-refractivity contribution in [2.45, 2.75) is 39.3 Å². The molecule has 0 saturated carbocycles. The Balaban J connectivity index is 1.43. The lowest BCUT2D eigenvalue weighted by Crippen LogP contribution is -2.30. The normalized spacial score (nSPS) is 10.8. The number of nitrogens with zero attached hydrogens (tertiary/aromatic N) is 5. The molecule has 0 atom stereocenters. The van der Waals surface area contributed by atoms with Crippen molar-refractivity contribution in [3.63, 3.8) is 0 Å². The first-order chi connectivity index (χ1) is 15.7. The minimum atomic E-state index is 0.0251. The summed E-state index contributed by atoms with van der Waals surface area (Å²) in [6, 6.07) is 15.9. The predicted octanol–water partition coefficient (Wildman–Crippen LogP) is 4.25. The Morgan fingerprint density at radius 1 is 0.906 bits per heavy atom. The van der Waals surface area contributed by atoms with Crippen molar-refractivity contribution in [1.82, 2.24) is 25.0 Å². The van der Waals surface area contributed by atoms with Crippen molar-refractivity contribution in [2.24, 2.45) is 0 Å². The number of rotatable bonds is 9. The third kappa shape index (κ3) is 5.63. The molecule has 4 aromatic rings. The molecule has 0 fully saturated rings. The van der Waals surface area contributed by atoms with Crippen molar-refractivity contribution in [2.75, 3.05) is 0 Å². The van der Waals surface area contributed by atoms with Gasteiger partial charge >= 0.3 is 0 Å². The molecule has 1 aromatic carbocycles. The summed E-state index contributed by atoms with van der Waals surface area (Å²) in [5, 5.41) is 4.01. The summed E-state index contributed by atoms with van der Waals surface area (Å²) in [6.07, 6.45) is 8.54. The fraction of sp³-hybridized carbons (Fsp3) is 0.240. The molecule has 32 heavy (non-hydrogen) atoms. The topological polar surface area (TPSA) is 85.0 Å². The molecule has 0 radical (unpaired) electrons. The maximum absolute atomic E-state index is 13.1. The summed E-state index contributed by atoms with van der Waals surface area (Å²) in [5.74, 6) is 0.967. The summed E-state index contributed by atoms with van der Waals surface area (Å²) in [4.78, 5) is 27.6.